The number of anilines is 1. The van der Waals surface area contributed by atoms with Gasteiger partial charge in [-0.05, 0) is 70.6 Å². The monoisotopic (exact) mass is 470 g/mol. The van der Waals surface area contributed by atoms with E-state index >= 15 is 0 Å². The molecule has 2 aliphatic rings. The minimum Gasteiger partial charge on any atom is -0.460 e. The van der Waals surface area contributed by atoms with Crippen LogP contribution in [0, 0.1) is 5.92 Å². The van der Waals surface area contributed by atoms with Crippen LogP contribution in [0.3, 0.4) is 0 Å². The number of nitrogens with one attached hydrogen (secondary N) is 1. The van der Waals surface area contributed by atoms with E-state index in [2.05, 4.69) is 10.2 Å². The van der Waals surface area contributed by atoms with E-state index in [1.807, 2.05) is 39.0 Å². The topological polar surface area (TPSA) is 103 Å². The number of aromatic nitrogens is 2. The molecule has 2 saturated heterocycles. The number of esters is 1. The first-order valence-electron chi connectivity index (χ1n) is 12.0. The van der Waals surface area contributed by atoms with Gasteiger partial charge in [-0.2, -0.15) is 0 Å². The fourth-order valence-corrected chi connectivity index (χ4v) is 4.97. The highest BCUT2D eigenvalue weighted by Crippen LogP contribution is 2.30. The van der Waals surface area contributed by atoms with E-state index in [9.17, 15) is 19.2 Å². The largest absolute Gasteiger partial charge is 0.460 e. The van der Waals surface area contributed by atoms with Crippen molar-refractivity contribution >= 4 is 34.5 Å². The number of amides is 2. The molecule has 0 bridgehead atoms. The molecule has 1 aromatic heterocycles. The average Bonchev–Trinajstić information content (AvgIpc) is 3.01. The maximum atomic E-state index is 13.0. The van der Waals surface area contributed by atoms with Crippen molar-refractivity contribution in [1.29, 1.82) is 0 Å². The molecule has 3 heterocycles. The Morgan fingerprint density at radius 1 is 1.09 bits per heavy atom. The number of hydrogen-bond donors (Lipinski definition) is 1. The second kappa shape index (κ2) is 9.27. The maximum Gasteiger partial charge on any atom is 0.329 e. The Kier molecular flexibility index (Phi) is 6.55. The number of ether oxygens (including phenoxy) is 1. The molecule has 9 heteroatoms. The van der Waals surface area contributed by atoms with E-state index in [1.54, 1.807) is 11.6 Å². The third kappa shape index (κ3) is 5.03. The lowest BCUT2D eigenvalue weighted by Crippen LogP contribution is -2.44. The van der Waals surface area contributed by atoms with Crippen LogP contribution in [0.1, 0.15) is 65.3 Å². The molecule has 1 aromatic carbocycles. The number of carbonyl (C=O) groups excluding carboxylic acids is 3. The normalized spacial score (nSPS) is 20.0. The summed E-state index contributed by atoms with van der Waals surface area (Å²) >= 11 is 0. The summed E-state index contributed by atoms with van der Waals surface area (Å²) in [5.41, 5.74) is 1.78. The van der Waals surface area contributed by atoms with Crippen LogP contribution in [0.2, 0.25) is 0 Å². The minimum absolute atomic E-state index is 0.137. The molecule has 1 N–H and O–H groups in total. The molecule has 2 aliphatic heterocycles. The Balaban J connectivity index is 1.44. The summed E-state index contributed by atoms with van der Waals surface area (Å²) in [5, 5.41) is 2.34. The zero-order valence-corrected chi connectivity index (χ0v) is 20.4. The van der Waals surface area contributed by atoms with Gasteiger partial charge in [0, 0.05) is 38.7 Å². The Labute approximate surface area is 199 Å². The molecule has 0 radical (unpaired) electrons. The number of nitrogens with zero attached hydrogens (tertiary/aromatic N) is 3. The zero-order chi connectivity index (χ0) is 24.6. The first-order valence-corrected chi connectivity index (χ1v) is 12.0. The number of fused-ring (bicyclic) bond motifs is 1. The van der Waals surface area contributed by atoms with E-state index in [0.29, 0.717) is 24.3 Å². The van der Waals surface area contributed by atoms with Crippen LogP contribution in [0.15, 0.2) is 23.0 Å². The third-order valence-corrected chi connectivity index (χ3v) is 6.75. The van der Waals surface area contributed by atoms with Crippen LogP contribution < -0.4 is 15.9 Å². The van der Waals surface area contributed by atoms with E-state index in [0.717, 1.165) is 43.6 Å². The molecule has 184 valence electrons. The molecule has 0 aliphatic carbocycles. The van der Waals surface area contributed by atoms with Crippen molar-refractivity contribution in [3.8, 4) is 0 Å². The quantitative estimate of drug-likeness (QED) is 0.532. The number of benzene rings is 1. The Hall–Kier alpha value is -3.10. The number of aryl methyl sites for hydroxylation is 1. The standard InChI is InChI=1S/C25H34N4O5/c1-25(2,3)34-22(31)10-5-16-11-13-28(14-12-16)17-6-7-18-20(15-17)27(4)24(33)29(18)19-8-9-21(30)26-23(19)32/h6-7,15-16,19H,5,8-14H2,1-4H3,(H,26,30,32). The van der Waals surface area contributed by atoms with Crippen molar-refractivity contribution in [1.82, 2.24) is 14.5 Å². The van der Waals surface area contributed by atoms with Gasteiger partial charge in [-0.1, -0.05) is 0 Å². The number of hydrogen-bond acceptors (Lipinski definition) is 6. The van der Waals surface area contributed by atoms with Crippen LogP contribution in [-0.2, 0) is 26.2 Å². The van der Waals surface area contributed by atoms with E-state index < -0.39 is 17.6 Å². The lowest BCUT2D eigenvalue weighted by molar-refractivity contribution is -0.155. The zero-order valence-electron chi connectivity index (χ0n) is 20.4. The number of carbonyl (C=O) groups is 3. The Bertz CT molecular complexity index is 1160. The van der Waals surface area contributed by atoms with Gasteiger partial charge in [0.1, 0.15) is 11.6 Å². The number of imidazole rings is 1. The fraction of sp³-hybridized carbons (Fsp3) is 0.600. The second-order valence-corrected chi connectivity index (χ2v) is 10.4. The molecule has 2 amide bonds. The minimum atomic E-state index is -0.680. The van der Waals surface area contributed by atoms with Gasteiger partial charge in [-0.25, -0.2) is 4.79 Å². The van der Waals surface area contributed by atoms with Gasteiger partial charge in [0.2, 0.25) is 11.8 Å². The van der Waals surface area contributed by atoms with Gasteiger partial charge >= 0.3 is 11.7 Å². The number of imide groups is 1. The van der Waals surface area contributed by atoms with Gasteiger partial charge < -0.3 is 9.64 Å². The Morgan fingerprint density at radius 2 is 1.79 bits per heavy atom. The second-order valence-electron chi connectivity index (χ2n) is 10.4. The lowest BCUT2D eigenvalue weighted by atomic mass is 9.92. The molecule has 0 spiro atoms. The highest BCUT2D eigenvalue weighted by atomic mass is 16.6. The van der Waals surface area contributed by atoms with Crippen molar-refractivity contribution in [2.45, 2.75) is 70.9 Å². The van der Waals surface area contributed by atoms with Crippen LogP contribution in [0.25, 0.3) is 11.0 Å². The molecule has 34 heavy (non-hydrogen) atoms. The number of piperidine rings is 2. The number of rotatable bonds is 5. The molecule has 4 rings (SSSR count). The van der Waals surface area contributed by atoms with E-state index in [4.69, 9.17) is 4.74 Å². The molecular formula is C25H34N4O5. The summed E-state index contributed by atoms with van der Waals surface area (Å²) in [6, 6.07) is 5.20. The van der Waals surface area contributed by atoms with Gasteiger partial charge in [0.05, 0.1) is 11.0 Å². The summed E-state index contributed by atoms with van der Waals surface area (Å²) in [6.07, 6.45) is 3.82. The molecule has 2 fully saturated rings. The third-order valence-electron chi connectivity index (χ3n) is 6.75. The predicted molar refractivity (Wildman–Crippen MR) is 129 cm³/mol. The summed E-state index contributed by atoms with van der Waals surface area (Å²) < 4.78 is 8.49. The first kappa shape index (κ1) is 24.0. The van der Waals surface area contributed by atoms with E-state index in [1.165, 1.54) is 4.57 Å². The smallest absolute Gasteiger partial charge is 0.329 e. The highest BCUT2D eigenvalue weighted by molar-refractivity contribution is 6.00. The molecular weight excluding hydrogens is 436 g/mol. The molecule has 2 aromatic rings. The Morgan fingerprint density at radius 3 is 2.44 bits per heavy atom. The summed E-state index contributed by atoms with van der Waals surface area (Å²) in [6.45, 7) is 7.41. The average molecular weight is 471 g/mol. The highest BCUT2D eigenvalue weighted by Gasteiger charge is 2.31. The maximum absolute atomic E-state index is 13.0. The predicted octanol–water partition coefficient (Wildman–Crippen LogP) is 2.66. The van der Waals surface area contributed by atoms with Crippen molar-refractivity contribution < 1.29 is 19.1 Å². The summed E-state index contributed by atoms with van der Waals surface area (Å²) in [7, 11) is 1.71. The van der Waals surface area contributed by atoms with Crippen molar-refractivity contribution in [3.63, 3.8) is 0 Å². The van der Waals surface area contributed by atoms with Gasteiger partial charge in [-0.3, -0.25) is 28.8 Å². The van der Waals surface area contributed by atoms with Crippen LogP contribution >= 0.6 is 0 Å². The van der Waals surface area contributed by atoms with Gasteiger partial charge in [0.25, 0.3) is 0 Å². The molecule has 0 saturated carbocycles. The fourth-order valence-electron chi connectivity index (χ4n) is 4.97. The van der Waals surface area contributed by atoms with Crippen molar-refractivity contribution in [3.05, 3.63) is 28.7 Å². The summed E-state index contributed by atoms with van der Waals surface area (Å²) in [4.78, 5) is 51.2. The van der Waals surface area contributed by atoms with Crippen LogP contribution in [0.5, 0.6) is 0 Å². The van der Waals surface area contributed by atoms with Gasteiger partial charge in [-0.15, -0.1) is 0 Å². The molecule has 1 atom stereocenters. The lowest BCUT2D eigenvalue weighted by Gasteiger charge is -2.33. The molecule has 1 unspecified atom stereocenters. The van der Waals surface area contributed by atoms with Crippen LogP contribution in [-0.4, -0.2) is 45.6 Å². The van der Waals surface area contributed by atoms with Gasteiger partial charge in [0.15, 0.2) is 0 Å². The molecule has 9 nitrogen and oxygen atoms in total. The first-order chi connectivity index (χ1) is 16.0. The van der Waals surface area contributed by atoms with Crippen molar-refractivity contribution in [2.75, 3.05) is 18.0 Å². The SMILES string of the molecule is Cn1c(=O)n(C2CCC(=O)NC2=O)c2ccc(N3CCC(CCC(=O)OC(C)(C)C)CC3)cc21. The van der Waals surface area contributed by atoms with Crippen molar-refractivity contribution in [2.24, 2.45) is 13.0 Å². The summed E-state index contributed by atoms with van der Waals surface area (Å²) in [5.74, 6) is -0.373. The van der Waals surface area contributed by atoms with E-state index in [-0.39, 0.29) is 24.0 Å². The van der Waals surface area contributed by atoms with Crippen LogP contribution in [0.4, 0.5) is 5.69 Å².